The standard InChI is InChI=1S/C16H15ClN2O2/c1-3-19-14-7-5-11(21-2)9-13(14)18-16(19)12-6-4-10(17)8-15(12)20/h4-9,20H,3H2,1-2H3. The monoisotopic (exact) mass is 302 g/mol. The minimum Gasteiger partial charge on any atom is -0.507 e. The molecule has 3 rings (SSSR count). The fourth-order valence-electron chi connectivity index (χ4n) is 2.46. The lowest BCUT2D eigenvalue weighted by Gasteiger charge is -2.08. The molecule has 5 heteroatoms. The summed E-state index contributed by atoms with van der Waals surface area (Å²) in [4.78, 5) is 4.63. The van der Waals surface area contributed by atoms with Crippen LogP contribution >= 0.6 is 11.6 Å². The average Bonchev–Trinajstić information content (AvgIpc) is 2.84. The van der Waals surface area contributed by atoms with Gasteiger partial charge in [0.05, 0.1) is 23.7 Å². The second-order valence-corrected chi connectivity index (χ2v) is 5.13. The van der Waals surface area contributed by atoms with Crippen LogP contribution in [0.15, 0.2) is 36.4 Å². The zero-order valence-electron chi connectivity index (χ0n) is 11.8. The molecule has 0 saturated heterocycles. The molecule has 1 heterocycles. The normalized spacial score (nSPS) is 11.0. The van der Waals surface area contributed by atoms with E-state index in [0.717, 1.165) is 29.2 Å². The zero-order valence-corrected chi connectivity index (χ0v) is 12.6. The first-order chi connectivity index (χ1) is 10.1. The van der Waals surface area contributed by atoms with Gasteiger partial charge in [-0.15, -0.1) is 0 Å². The Kier molecular flexibility index (Phi) is 3.47. The number of benzene rings is 2. The van der Waals surface area contributed by atoms with Crippen molar-refractivity contribution < 1.29 is 9.84 Å². The van der Waals surface area contributed by atoms with Crippen LogP contribution in [0.25, 0.3) is 22.4 Å². The van der Waals surface area contributed by atoms with E-state index in [9.17, 15) is 5.11 Å². The van der Waals surface area contributed by atoms with Crippen LogP contribution in [0.2, 0.25) is 5.02 Å². The third-order valence-electron chi connectivity index (χ3n) is 3.47. The van der Waals surface area contributed by atoms with E-state index in [1.54, 1.807) is 19.2 Å². The molecule has 1 N–H and O–H groups in total. The van der Waals surface area contributed by atoms with E-state index < -0.39 is 0 Å². The van der Waals surface area contributed by atoms with Crippen LogP contribution in [0.3, 0.4) is 0 Å². The molecule has 0 aliphatic rings. The fraction of sp³-hybridized carbons (Fsp3) is 0.188. The SMILES string of the molecule is CCn1c(-c2ccc(Cl)cc2O)nc2cc(OC)ccc21. The van der Waals surface area contributed by atoms with Crippen LogP contribution in [0.5, 0.6) is 11.5 Å². The Morgan fingerprint density at radius 1 is 1.24 bits per heavy atom. The van der Waals surface area contributed by atoms with Gasteiger partial charge in [0.15, 0.2) is 0 Å². The summed E-state index contributed by atoms with van der Waals surface area (Å²) in [5.74, 6) is 1.60. The van der Waals surface area contributed by atoms with Crippen molar-refractivity contribution in [3.63, 3.8) is 0 Å². The van der Waals surface area contributed by atoms with Crippen LogP contribution in [0.4, 0.5) is 0 Å². The number of phenols is 1. The Labute approximate surface area is 127 Å². The highest BCUT2D eigenvalue weighted by Gasteiger charge is 2.15. The third kappa shape index (κ3) is 2.32. The number of fused-ring (bicyclic) bond motifs is 1. The Balaban J connectivity index is 2.26. The van der Waals surface area contributed by atoms with Gasteiger partial charge in [-0.05, 0) is 37.3 Å². The molecule has 4 nitrogen and oxygen atoms in total. The first-order valence-electron chi connectivity index (χ1n) is 6.67. The van der Waals surface area contributed by atoms with Crippen molar-refractivity contribution in [1.29, 1.82) is 0 Å². The van der Waals surface area contributed by atoms with Gasteiger partial charge in [-0.2, -0.15) is 0 Å². The maximum absolute atomic E-state index is 10.1. The van der Waals surface area contributed by atoms with Crippen molar-refractivity contribution in [3.8, 4) is 22.9 Å². The molecule has 0 atom stereocenters. The number of ether oxygens (including phenoxy) is 1. The number of halogens is 1. The van der Waals surface area contributed by atoms with Gasteiger partial charge in [0.2, 0.25) is 0 Å². The maximum atomic E-state index is 10.1. The topological polar surface area (TPSA) is 47.3 Å². The van der Waals surface area contributed by atoms with Gasteiger partial charge in [-0.25, -0.2) is 4.98 Å². The smallest absolute Gasteiger partial charge is 0.144 e. The minimum absolute atomic E-state index is 0.125. The number of imidazole rings is 1. The van der Waals surface area contributed by atoms with Gasteiger partial charge in [0, 0.05) is 17.6 Å². The summed E-state index contributed by atoms with van der Waals surface area (Å²) in [6.07, 6.45) is 0. The molecule has 0 saturated carbocycles. The average molecular weight is 303 g/mol. The summed E-state index contributed by atoms with van der Waals surface area (Å²) >= 11 is 5.89. The van der Waals surface area contributed by atoms with Crippen molar-refractivity contribution in [2.24, 2.45) is 0 Å². The van der Waals surface area contributed by atoms with Crippen molar-refractivity contribution in [2.45, 2.75) is 13.5 Å². The molecule has 0 amide bonds. The van der Waals surface area contributed by atoms with Crippen molar-refractivity contribution >= 4 is 22.6 Å². The van der Waals surface area contributed by atoms with E-state index in [-0.39, 0.29) is 5.75 Å². The second kappa shape index (κ2) is 5.30. The Bertz CT molecular complexity index is 811. The van der Waals surface area contributed by atoms with E-state index in [4.69, 9.17) is 16.3 Å². The van der Waals surface area contributed by atoms with Crippen LogP contribution in [0.1, 0.15) is 6.92 Å². The molecular weight excluding hydrogens is 288 g/mol. The number of nitrogens with zero attached hydrogens (tertiary/aromatic N) is 2. The Morgan fingerprint density at radius 3 is 2.71 bits per heavy atom. The lowest BCUT2D eigenvalue weighted by atomic mass is 10.2. The summed E-state index contributed by atoms with van der Waals surface area (Å²) in [5, 5.41) is 10.6. The molecule has 3 aromatic rings. The van der Waals surface area contributed by atoms with Crippen LogP contribution < -0.4 is 4.74 Å². The van der Waals surface area contributed by atoms with Crippen molar-refractivity contribution in [3.05, 3.63) is 41.4 Å². The summed E-state index contributed by atoms with van der Waals surface area (Å²) < 4.78 is 7.29. The molecule has 0 unspecified atom stereocenters. The largest absolute Gasteiger partial charge is 0.507 e. The minimum atomic E-state index is 0.125. The van der Waals surface area contributed by atoms with E-state index in [1.165, 1.54) is 6.07 Å². The molecule has 2 aromatic carbocycles. The first-order valence-corrected chi connectivity index (χ1v) is 7.05. The number of hydrogen-bond donors (Lipinski definition) is 1. The molecular formula is C16H15ClN2O2. The molecule has 21 heavy (non-hydrogen) atoms. The third-order valence-corrected chi connectivity index (χ3v) is 3.71. The lowest BCUT2D eigenvalue weighted by molar-refractivity contribution is 0.415. The fourth-order valence-corrected chi connectivity index (χ4v) is 2.62. The summed E-state index contributed by atoms with van der Waals surface area (Å²) in [5.41, 5.74) is 2.50. The number of rotatable bonds is 3. The Morgan fingerprint density at radius 2 is 2.05 bits per heavy atom. The summed E-state index contributed by atoms with van der Waals surface area (Å²) in [6, 6.07) is 10.8. The lowest BCUT2D eigenvalue weighted by Crippen LogP contribution is -1.97. The van der Waals surface area contributed by atoms with Gasteiger partial charge in [0.25, 0.3) is 0 Å². The summed E-state index contributed by atoms with van der Waals surface area (Å²) in [7, 11) is 1.63. The quantitative estimate of drug-likeness (QED) is 0.792. The van der Waals surface area contributed by atoms with Crippen LogP contribution in [-0.4, -0.2) is 21.8 Å². The molecule has 0 bridgehead atoms. The number of aromatic nitrogens is 2. The Hall–Kier alpha value is -2.20. The number of aromatic hydroxyl groups is 1. The van der Waals surface area contributed by atoms with Gasteiger partial charge in [-0.1, -0.05) is 11.6 Å². The highest BCUT2D eigenvalue weighted by atomic mass is 35.5. The molecule has 0 aliphatic carbocycles. The molecule has 0 radical (unpaired) electrons. The highest BCUT2D eigenvalue weighted by molar-refractivity contribution is 6.30. The number of aryl methyl sites for hydroxylation is 1. The van der Waals surface area contributed by atoms with E-state index in [2.05, 4.69) is 9.55 Å². The van der Waals surface area contributed by atoms with Gasteiger partial charge in [0.1, 0.15) is 17.3 Å². The molecule has 108 valence electrons. The van der Waals surface area contributed by atoms with Gasteiger partial charge in [-0.3, -0.25) is 0 Å². The van der Waals surface area contributed by atoms with E-state index in [0.29, 0.717) is 10.6 Å². The number of methoxy groups -OCH3 is 1. The van der Waals surface area contributed by atoms with Crippen molar-refractivity contribution in [1.82, 2.24) is 9.55 Å². The predicted molar refractivity (Wildman–Crippen MR) is 84.1 cm³/mol. The zero-order chi connectivity index (χ0) is 15.0. The molecule has 0 spiro atoms. The van der Waals surface area contributed by atoms with E-state index in [1.807, 2.05) is 25.1 Å². The summed E-state index contributed by atoms with van der Waals surface area (Å²) in [6.45, 7) is 2.79. The molecule has 1 aromatic heterocycles. The maximum Gasteiger partial charge on any atom is 0.144 e. The molecule has 0 fully saturated rings. The number of phenolic OH excluding ortho intramolecular Hbond substituents is 1. The highest BCUT2D eigenvalue weighted by Crippen LogP contribution is 2.33. The molecule has 0 aliphatic heterocycles. The van der Waals surface area contributed by atoms with E-state index >= 15 is 0 Å². The first kappa shape index (κ1) is 13.8. The van der Waals surface area contributed by atoms with Gasteiger partial charge >= 0.3 is 0 Å². The van der Waals surface area contributed by atoms with Crippen LogP contribution in [0, 0.1) is 0 Å². The number of hydrogen-bond acceptors (Lipinski definition) is 3. The van der Waals surface area contributed by atoms with Crippen LogP contribution in [-0.2, 0) is 6.54 Å². The van der Waals surface area contributed by atoms with Gasteiger partial charge < -0.3 is 14.4 Å². The second-order valence-electron chi connectivity index (χ2n) is 4.70. The predicted octanol–water partition coefficient (Wildman–Crippen LogP) is 4.09. The van der Waals surface area contributed by atoms with Crippen molar-refractivity contribution in [2.75, 3.05) is 7.11 Å².